The van der Waals surface area contributed by atoms with E-state index in [-0.39, 0.29) is 24.2 Å². The van der Waals surface area contributed by atoms with Gasteiger partial charge in [-0.15, -0.1) is 0 Å². The van der Waals surface area contributed by atoms with Crippen molar-refractivity contribution in [3.05, 3.63) is 0 Å². The average molecular weight is 226 g/mol. The van der Waals surface area contributed by atoms with Crippen molar-refractivity contribution in [3.8, 4) is 0 Å². The third kappa shape index (κ3) is 4.31. The molecule has 1 amide bonds. The first-order valence-electron chi connectivity index (χ1n) is 6.02. The van der Waals surface area contributed by atoms with Crippen LogP contribution in [0.15, 0.2) is 0 Å². The molecule has 1 aliphatic heterocycles. The van der Waals surface area contributed by atoms with Crippen LogP contribution >= 0.6 is 0 Å². The van der Waals surface area contributed by atoms with E-state index in [1.54, 1.807) is 0 Å². The number of piperidine rings is 1. The molecule has 16 heavy (non-hydrogen) atoms. The summed E-state index contributed by atoms with van der Waals surface area (Å²) in [5, 5.41) is 2.92. The van der Waals surface area contributed by atoms with E-state index in [0.29, 0.717) is 6.04 Å². The first-order chi connectivity index (χ1) is 7.49. The van der Waals surface area contributed by atoms with Crippen molar-refractivity contribution in [2.24, 2.45) is 0 Å². The predicted molar refractivity (Wildman–Crippen MR) is 63.2 cm³/mol. The van der Waals surface area contributed by atoms with Gasteiger partial charge in [-0.2, -0.15) is 0 Å². The maximum absolute atomic E-state index is 11.4. The highest BCUT2D eigenvalue weighted by Gasteiger charge is 2.22. The summed E-state index contributed by atoms with van der Waals surface area (Å²) in [4.78, 5) is 24.6. The summed E-state index contributed by atoms with van der Waals surface area (Å²) in [6.07, 6.45) is 1.99. The lowest BCUT2D eigenvalue weighted by atomic mass is 10.0. The first kappa shape index (κ1) is 13.2. The largest absolute Gasteiger partial charge is 0.353 e. The van der Waals surface area contributed by atoms with Crippen molar-refractivity contribution in [3.63, 3.8) is 0 Å². The number of rotatable bonds is 4. The molecule has 0 aromatic heterocycles. The van der Waals surface area contributed by atoms with Gasteiger partial charge in [-0.1, -0.05) is 0 Å². The van der Waals surface area contributed by atoms with Crippen LogP contribution in [0.2, 0.25) is 0 Å². The zero-order valence-corrected chi connectivity index (χ0v) is 10.5. The van der Waals surface area contributed by atoms with Crippen LogP contribution in [0.5, 0.6) is 0 Å². The van der Waals surface area contributed by atoms with E-state index in [9.17, 15) is 9.59 Å². The molecule has 0 saturated carbocycles. The Balaban J connectivity index is 2.26. The second kappa shape index (κ2) is 5.99. The number of nitrogens with one attached hydrogen (secondary N) is 1. The topological polar surface area (TPSA) is 49.4 Å². The Morgan fingerprint density at radius 1 is 1.31 bits per heavy atom. The molecule has 0 unspecified atom stereocenters. The number of amides is 1. The van der Waals surface area contributed by atoms with Crippen LogP contribution in [-0.4, -0.2) is 41.8 Å². The Bertz CT molecular complexity index is 256. The van der Waals surface area contributed by atoms with Gasteiger partial charge in [0.15, 0.2) is 0 Å². The Hall–Kier alpha value is -0.900. The maximum atomic E-state index is 11.4. The van der Waals surface area contributed by atoms with Gasteiger partial charge in [0, 0.05) is 25.2 Å². The standard InChI is InChI=1S/C12H22N2O2/c1-9(2)14-6-4-11(5-7-14)13-12(16)8-10(3)15/h9,11H,4-8H2,1-3H3,(H,13,16). The Morgan fingerprint density at radius 3 is 2.31 bits per heavy atom. The fourth-order valence-corrected chi connectivity index (χ4v) is 2.07. The molecule has 1 fully saturated rings. The molecule has 1 N–H and O–H groups in total. The fourth-order valence-electron chi connectivity index (χ4n) is 2.07. The number of ketones is 1. The number of carbonyl (C=O) groups excluding carboxylic acids is 2. The van der Waals surface area contributed by atoms with Crippen LogP contribution in [0.25, 0.3) is 0 Å². The van der Waals surface area contributed by atoms with Crippen molar-refractivity contribution in [1.82, 2.24) is 10.2 Å². The molecule has 0 atom stereocenters. The van der Waals surface area contributed by atoms with Gasteiger partial charge in [0.25, 0.3) is 0 Å². The van der Waals surface area contributed by atoms with E-state index in [1.165, 1.54) is 6.92 Å². The normalized spacial score (nSPS) is 18.8. The minimum atomic E-state index is -0.129. The second-order valence-electron chi connectivity index (χ2n) is 4.85. The molecule has 0 aromatic carbocycles. The van der Waals surface area contributed by atoms with Crippen molar-refractivity contribution in [2.75, 3.05) is 13.1 Å². The Kier molecular flexibility index (Phi) is 4.93. The van der Waals surface area contributed by atoms with Crippen LogP contribution < -0.4 is 5.32 Å². The van der Waals surface area contributed by atoms with Crippen molar-refractivity contribution >= 4 is 11.7 Å². The highest BCUT2D eigenvalue weighted by molar-refractivity contribution is 5.96. The van der Waals surface area contributed by atoms with E-state index >= 15 is 0 Å². The van der Waals surface area contributed by atoms with Crippen LogP contribution in [0.1, 0.15) is 40.0 Å². The number of hydrogen-bond donors (Lipinski definition) is 1. The molecule has 0 bridgehead atoms. The van der Waals surface area contributed by atoms with Gasteiger partial charge in [0.1, 0.15) is 5.78 Å². The summed E-state index contributed by atoms with van der Waals surface area (Å²) in [5.41, 5.74) is 0. The van der Waals surface area contributed by atoms with Gasteiger partial charge >= 0.3 is 0 Å². The molecule has 1 rings (SSSR count). The molecule has 4 nitrogen and oxygen atoms in total. The van der Waals surface area contributed by atoms with Crippen LogP contribution in [0.4, 0.5) is 0 Å². The van der Waals surface area contributed by atoms with Gasteiger partial charge in [0.05, 0.1) is 6.42 Å². The molecule has 0 radical (unpaired) electrons. The molecule has 0 spiro atoms. The molecule has 92 valence electrons. The van der Waals surface area contributed by atoms with Gasteiger partial charge in [0.2, 0.25) is 5.91 Å². The summed E-state index contributed by atoms with van der Waals surface area (Å²) in [7, 11) is 0. The Morgan fingerprint density at radius 2 is 1.88 bits per heavy atom. The fraction of sp³-hybridized carbons (Fsp3) is 0.833. The monoisotopic (exact) mass is 226 g/mol. The Labute approximate surface area is 97.4 Å². The first-order valence-corrected chi connectivity index (χ1v) is 6.02. The smallest absolute Gasteiger partial charge is 0.227 e. The molecule has 4 heteroatoms. The summed E-state index contributed by atoms with van der Waals surface area (Å²) in [6, 6.07) is 0.829. The van der Waals surface area contributed by atoms with Crippen LogP contribution in [0, 0.1) is 0 Å². The zero-order chi connectivity index (χ0) is 12.1. The predicted octanol–water partition coefficient (Wildman–Crippen LogP) is 0.954. The van der Waals surface area contributed by atoms with Gasteiger partial charge in [-0.3, -0.25) is 9.59 Å². The minimum absolute atomic E-state index is 0.0182. The number of carbonyl (C=O) groups is 2. The third-order valence-electron chi connectivity index (χ3n) is 3.03. The van der Waals surface area contributed by atoms with Crippen LogP contribution in [-0.2, 0) is 9.59 Å². The van der Waals surface area contributed by atoms with Gasteiger partial charge in [-0.05, 0) is 33.6 Å². The quantitative estimate of drug-likeness (QED) is 0.726. The van der Waals surface area contributed by atoms with Gasteiger partial charge in [-0.25, -0.2) is 0 Å². The summed E-state index contributed by atoms with van der Waals surface area (Å²) in [6.45, 7) is 7.88. The number of Topliss-reactive ketones (excluding diaryl/α,β-unsaturated/α-hetero) is 1. The summed E-state index contributed by atoms with van der Waals surface area (Å²) >= 11 is 0. The van der Waals surface area contributed by atoms with Crippen molar-refractivity contribution < 1.29 is 9.59 Å². The molecule has 1 saturated heterocycles. The third-order valence-corrected chi connectivity index (χ3v) is 3.03. The number of nitrogens with zero attached hydrogens (tertiary/aromatic N) is 1. The van der Waals surface area contributed by atoms with Crippen molar-refractivity contribution in [1.29, 1.82) is 0 Å². The zero-order valence-electron chi connectivity index (χ0n) is 10.5. The highest BCUT2D eigenvalue weighted by atomic mass is 16.2. The average Bonchev–Trinajstić information content (AvgIpc) is 2.16. The number of hydrogen-bond acceptors (Lipinski definition) is 3. The summed E-state index contributed by atoms with van der Waals surface area (Å²) < 4.78 is 0. The number of likely N-dealkylation sites (tertiary alicyclic amines) is 1. The molecule has 1 aliphatic rings. The molecule has 1 heterocycles. The molecular weight excluding hydrogens is 204 g/mol. The second-order valence-corrected chi connectivity index (χ2v) is 4.85. The van der Waals surface area contributed by atoms with E-state index in [2.05, 4.69) is 24.1 Å². The lowest BCUT2D eigenvalue weighted by Gasteiger charge is -2.34. The molecule has 0 aliphatic carbocycles. The SMILES string of the molecule is CC(=O)CC(=O)NC1CCN(C(C)C)CC1. The van der Waals surface area contributed by atoms with Crippen LogP contribution in [0.3, 0.4) is 0 Å². The van der Waals surface area contributed by atoms with Crippen molar-refractivity contribution in [2.45, 2.75) is 52.1 Å². The molecular formula is C12H22N2O2. The van der Waals surface area contributed by atoms with E-state index < -0.39 is 0 Å². The minimum Gasteiger partial charge on any atom is -0.353 e. The van der Waals surface area contributed by atoms with E-state index in [1.807, 2.05) is 0 Å². The summed E-state index contributed by atoms with van der Waals surface area (Å²) in [5.74, 6) is -0.201. The maximum Gasteiger partial charge on any atom is 0.227 e. The lowest BCUT2D eigenvalue weighted by Crippen LogP contribution is -2.46. The van der Waals surface area contributed by atoms with E-state index in [0.717, 1.165) is 25.9 Å². The molecule has 0 aromatic rings. The van der Waals surface area contributed by atoms with Gasteiger partial charge < -0.3 is 10.2 Å². The highest BCUT2D eigenvalue weighted by Crippen LogP contribution is 2.12. The van der Waals surface area contributed by atoms with E-state index in [4.69, 9.17) is 0 Å². The lowest BCUT2D eigenvalue weighted by molar-refractivity contribution is -0.127.